The van der Waals surface area contributed by atoms with E-state index in [2.05, 4.69) is 0 Å². The van der Waals surface area contributed by atoms with E-state index in [1.165, 1.54) is 31.4 Å². The highest BCUT2D eigenvalue weighted by molar-refractivity contribution is 7.86. The van der Waals surface area contributed by atoms with Crippen LogP contribution >= 0.6 is 0 Å². The van der Waals surface area contributed by atoms with Crippen LogP contribution in [0.1, 0.15) is 18.4 Å². The van der Waals surface area contributed by atoms with E-state index < -0.39 is 83.9 Å². The summed E-state index contributed by atoms with van der Waals surface area (Å²) in [7, 11) is -15.7. The summed E-state index contributed by atoms with van der Waals surface area (Å²) >= 11 is 0. The minimum absolute atomic E-state index is 0.115. The molecule has 0 amide bonds. The molecule has 0 aliphatic rings. The Morgan fingerprint density at radius 3 is 1.50 bits per heavy atom. The molecule has 19 heteroatoms. The molecule has 0 radical (unpaired) electrons. The van der Waals surface area contributed by atoms with Crippen molar-refractivity contribution in [3.63, 3.8) is 0 Å². The number of ether oxygens (including phenoxy) is 2. The summed E-state index contributed by atoms with van der Waals surface area (Å²) in [4.78, 5) is 12.1. The van der Waals surface area contributed by atoms with Gasteiger partial charge in [0.05, 0.1) is 51.3 Å². The molecule has 38 heavy (non-hydrogen) atoms. The average molecular weight is 627 g/mol. The number of methoxy groups -OCH3 is 1. The standard InChI is InChI=1S/C19H30O15S4/c1-13(20)32-19(17(34-38(6,27)28)12-31-36(4,23)24)18(14-7-9-15(29-2)10-8-14)16(33-37(5,25)26)11-30-35(3,21)22/h7-10,16-19H,11-12H2,1-6H3/t16-,17-,18-,19-/m1/s1. The zero-order valence-corrected chi connectivity index (χ0v) is 24.6. The summed E-state index contributed by atoms with van der Waals surface area (Å²) in [6.45, 7) is -1.01. The Bertz CT molecular complexity index is 1370. The van der Waals surface area contributed by atoms with Gasteiger partial charge >= 0.3 is 5.97 Å². The molecular formula is C19H30O15S4. The first-order valence-corrected chi connectivity index (χ1v) is 17.6. The van der Waals surface area contributed by atoms with Crippen molar-refractivity contribution in [2.75, 3.05) is 45.3 Å². The maximum Gasteiger partial charge on any atom is 0.303 e. The fourth-order valence-electron chi connectivity index (χ4n) is 3.21. The average Bonchev–Trinajstić information content (AvgIpc) is 2.71. The summed E-state index contributed by atoms with van der Waals surface area (Å²) in [6, 6.07) is 5.57. The first kappa shape index (κ1) is 34.2. The molecule has 0 unspecified atom stereocenters. The number of carbonyl (C=O) groups is 1. The van der Waals surface area contributed by atoms with Crippen molar-refractivity contribution in [3.8, 4) is 5.75 Å². The van der Waals surface area contributed by atoms with Crippen LogP contribution < -0.4 is 4.74 Å². The van der Waals surface area contributed by atoms with Crippen LogP contribution in [0, 0.1) is 0 Å². The Hall–Kier alpha value is -1.87. The molecule has 0 fully saturated rings. The highest BCUT2D eigenvalue weighted by Crippen LogP contribution is 2.34. The molecule has 1 aromatic rings. The highest BCUT2D eigenvalue weighted by Gasteiger charge is 2.43. The van der Waals surface area contributed by atoms with E-state index in [0.29, 0.717) is 30.8 Å². The number of hydrogen-bond donors (Lipinski definition) is 0. The number of carbonyl (C=O) groups excluding carboxylic acids is 1. The van der Waals surface area contributed by atoms with E-state index in [9.17, 15) is 38.5 Å². The Balaban J connectivity index is 3.90. The Morgan fingerprint density at radius 1 is 0.711 bits per heavy atom. The summed E-state index contributed by atoms with van der Waals surface area (Å²) < 4.78 is 125. The second kappa shape index (κ2) is 13.5. The maximum absolute atomic E-state index is 12.1. The van der Waals surface area contributed by atoms with Gasteiger partial charge < -0.3 is 9.47 Å². The zero-order chi connectivity index (χ0) is 29.5. The van der Waals surface area contributed by atoms with Gasteiger partial charge in [-0.05, 0) is 17.7 Å². The molecule has 0 saturated heterocycles. The second-order valence-electron chi connectivity index (χ2n) is 8.03. The van der Waals surface area contributed by atoms with Crippen molar-refractivity contribution in [2.24, 2.45) is 0 Å². The summed E-state index contributed by atoms with van der Waals surface area (Å²) in [5.41, 5.74) is 0.115. The normalized spacial score (nSPS) is 16.3. The number of benzene rings is 1. The van der Waals surface area contributed by atoms with Crippen molar-refractivity contribution >= 4 is 46.4 Å². The third-order valence-corrected chi connectivity index (χ3v) is 6.74. The molecule has 4 atom stereocenters. The van der Waals surface area contributed by atoms with Crippen LogP contribution in [0.2, 0.25) is 0 Å². The van der Waals surface area contributed by atoms with Gasteiger partial charge in [-0.2, -0.15) is 33.7 Å². The third kappa shape index (κ3) is 13.8. The van der Waals surface area contributed by atoms with Crippen LogP contribution in [0.4, 0.5) is 0 Å². The van der Waals surface area contributed by atoms with Crippen molar-refractivity contribution in [2.45, 2.75) is 31.2 Å². The molecule has 1 rings (SSSR count). The monoisotopic (exact) mass is 626 g/mol. The van der Waals surface area contributed by atoms with Crippen LogP contribution in [0.25, 0.3) is 0 Å². The lowest BCUT2D eigenvalue weighted by Crippen LogP contribution is -2.48. The van der Waals surface area contributed by atoms with E-state index in [-0.39, 0.29) is 5.56 Å². The Kier molecular flexibility index (Phi) is 12.1. The zero-order valence-electron chi connectivity index (χ0n) is 21.3. The molecule has 0 saturated carbocycles. The molecule has 0 aliphatic carbocycles. The lowest BCUT2D eigenvalue weighted by atomic mass is 9.85. The minimum Gasteiger partial charge on any atom is -0.497 e. The van der Waals surface area contributed by atoms with E-state index in [1.54, 1.807) is 0 Å². The fraction of sp³-hybridized carbons (Fsp3) is 0.632. The molecule has 0 heterocycles. The molecule has 0 aliphatic heterocycles. The highest BCUT2D eigenvalue weighted by atomic mass is 32.2. The van der Waals surface area contributed by atoms with Gasteiger partial charge in [-0.3, -0.25) is 21.5 Å². The van der Waals surface area contributed by atoms with Crippen molar-refractivity contribution in [3.05, 3.63) is 29.8 Å². The maximum atomic E-state index is 12.1. The van der Waals surface area contributed by atoms with Gasteiger partial charge in [0.25, 0.3) is 40.5 Å². The van der Waals surface area contributed by atoms with Gasteiger partial charge in [0.1, 0.15) is 24.1 Å². The van der Waals surface area contributed by atoms with Crippen molar-refractivity contribution in [1.29, 1.82) is 0 Å². The first-order valence-electron chi connectivity index (χ1n) is 10.4. The van der Waals surface area contributed by atoms with Crippen molar-refractivity contribution < 1.29 is 64.7 Å². The first-order chi connectivity index (χ1) is 17.1. The SMILES string of the molecule is COc1ccc([C@@H]([C@H](OC(C)=O)[C@@H](COS(C)(=O)=O)OS(C)(=O)=O)[C@@H](COS(C)(=O)=O)OS(C)(=O)=O)cc1. The summed E-state index contributed by atoms with van der Waals surface area (Å²) in [5, 5.41) is 0. The fourth-order valence-corrected chi connectivity index (χ4v) is 5.21. The van der Waals surface area contributed by atoms with E-state index in [1.807, 2.05) is 0 Å². The quantitative estimate of drug-likeness (QED) is 0.165. The van der Waals surface area contributed by atoms with Gasteiger partial charge in [-0.15, -0.1) is 0 Å². The van der Waals surface area contributed by atoms with Crippen LogP contribution in [0.3, 0.4) is 0 Å². The predicted octanol–water partition coefficient (Wildman–Crippen LogP) is -0.647. The molecule has 1 aromatic carbocycles. The topological polar surface area (TPSA) is 209 Å². The molecule has 0 N–H and O–H groups in total. The number of rotatable bonds is 16. The summed E-state index contributed by atoms with van der Waals surface area (Å²) in [6.07, 6.45) is -2.85. The van der Waals surface area contributed by atoms with Crippen LogP contribution in [-0.4, -0.2) is 103 Å². The molecule has 0 spiro atoms. The predicted molar refractivity (Wildman–Crippen MR) is 132 cm³/mol. The van der Waals surface area contributed by atoms with Gasteiger partial charge in [0.15, 0.2) is 0 Å². The lowest BCUT2D eigenvalue weighted by Gasteiger charge is -2.36. The summed E-state index contributed by atoms with van der Waals surface area (Å²) in [5.74, 6) is -2.21. The molecule has 220 valence electrons. The van der Waals surface area contributed by atoms with Crippen LogP contribution in [0.5, 0.6) is 5.75 Å². The van der Waals surface area contributed by atoms with E-state index in [0.717, 1.165) is 6.92 Å². The Labute approximate surface area is 222 Å². The van der Waals surface area contributed by atoms with Crippen molar-refractivity contribution in [1.82, 2.24) is 0 Å². The van der Waals surface area contributed by atoms with E-state index >= 15 is 0 Å². The van der Waals surface area contributed by atoms with Crippen LogP contribution in [-0.2, 0) is 66.7 Å². The van der Waals surface area contributed by atoms with E-state index in [4.69, 9.17) is 26.2 Å². The largest absolute Gasteiger partial charge is 0.497 e. The van der Waals surface area contributed by atoms with Gasteiger partial charge in [0, 0.05) is 6.92 Å². The molecular weight excluding hydrogens is 596 g/mol. The smallest absolute Gasteiger partial charge is 0.303 e. The van der Waals surface area contributed by atoms with Gasteiger partial charge in [0.2, 0.25) is 0 Å². The van der Waals surface area contributed by atoms with Gasteiger partial charge in [-0.1, -0.05) is 12.1 Å². The second-order valence-corrected chi connectivity index (χ2v) is 14.5. The number of esters is 1. The molecule has 0 aromatic heterocycles. The van der Waals surface area contributed by atoms with Crippen LogP contribution in [0.15, 0.2) is 24.3 Å². The molecule has 15 nitrogen and oxygen atoms in total. The Morgan fingerprint density at radius 2 is 1.13 bits per heavy atom. The number of hydrogen-bond acceptors (Lipinski definition) is 15. The molecule has 0 bridgehead atoms. The lowest BCUT2D eigenvalue weighted by molar-refractivity contribution is -0.156. The third-order valence-electron chi connectivity index (χ3n) is 4.41. The minimum atomic E-state index is -4.37. The van der Waals surface area contributed by atoms with Gasteiger partial charge in [-0.25, -0.2) is 0 Å².